The Morgan fingerprint density at radius 1 is 0.789 bits per heavy atom. The Kier molecular flexibility index (Phi) is 14.0. The van der Waals surface area contributed by atoms with Crippen molar-refractivity contribution in [3.63, 3.8) is 0 Å². The van der Waals surface area contributed by atoms with E-state index in [0.29, 0.717) is 24.9 Å². The van der Waals surface area contributed by atoms with Gasteiger partial charge in [-0.25, -0.2) is 4.79 Å². The summed E-state index contributed by atoms with van der Waals surface area (Å²) in [6.45, 7) is 0.342. The molecule has 1 aromatic carbocycles. The Morgan fingerprint density at radius 3 is 1.92 bits per heavy atom. The summed E-state index contributed by atoms with van der Waals surface area (Å²) in [5.74, 6) is -5.92. The molecule has 14 heteroatoms. The number of rotatable bonds is 18. The molecular weight excluding hydrogens is 500 g/mol. The third-order valence-electron chi connectivity index (χ3n) is 5.51. The molecule has 0 bridgehead atoms. The lowest BCUT2D eigenvalue weighted by molar-refractivity contribution is -0.143. The number of aliphatic carboxylic acids is 2. The molecule has 0 saturated carbocycles. The SMILES string of the molecule is NCCCCC(NC(=O)C(CCC(=O)O)NC(=O)C(Cc1ccccc1)NC(=O)C(N)CC(N)=O)C(=O)O. The fraction of sp³-hybridized carbons (Fsp3) is 0.500. The topological polar surface area (TPSA) is 257 Å². The van der Waals surface area contributed by atoms with Gasteiger partial charge in [0.05, 0.1) is 12.5 Å². The van der Waals surface area contributed by atoms with Crippen molar-refractivity contribution in [1.29, 1.82) is 0 Å². The second kappa shape index (κ2) is 16.7. The van der Waals surface area contributed by atoms with Gasteiger partial charge in [-0.05, 0) is 37.8 Å². The number of nitrogens with one attached hydrogen (secondary N) is 3. The summed E-state index contributed by atoms with van der Waals surface area (Å²) in [4.78, 5) is 72.5. The maximum atomic E-state index is 13.2. The molecule has 0 saturated heterocycles. The van der Waals surface area contributed by atoms with Gasteiger partial charge in [0.25, 0.3) is 0 Å². The lowest BCUT2D eigenvalue weighted by Crippen LogP contribution is -2.57. The Labute approximate surface area is 219 Å². The van der Waals surface area contributed by atoms with Gasteiger partial charge in [0.1, 0.15) is 18.1 Å². The molecule has 0 radical (unpaired) electrons. The molecule has 210 valence electrons. The highest BCUT2D eigenvalue weighted by Gasteiger charge is 2.31. The van der Waals surface area contributed by atoms with Gasteiger partial charge in [-0.3, -0.25) is 24.0 Å². The largest absolute Gasteiger partial charge is 0.481 e. The van der Waals surface area contributed by atoms with E-state index in [4.69, 9.17) is 22.3 Å². The van der Waals surface area contributed by atoms with Crippen LogP contribution < -0.4 is 33.2 Å². The first-order chi connectivity index (χ1) is 17.9. The van der Waals surface area contributed by atoms with Crippen LogP contribution >= 0.6 is 0 Å². The van der Waals surface area contributed by atoms with Crippen LogP contribution in [0.4, 0.5) is 0 Å². The Balaban J connectivity index is 3.10. The molecule has 4 atom stereocenters. The fourth-order valence-corrected chi connectivity index (χ4v) is 3.48. The minimum absolute atomic E-state index is 0.0220. The smallest absolute Gasteiger partial charge is 0.326 e. The number of nitrogens with two attached hydrogens (primary N) is 3. The number of carboxylic acids is 2. The average Bonchev–Trinajstić information content (AvgIpc) is 2.85. The summed E-state index contributed by atoms with van der Waals surface area (Å²) in [5, 5.41) is 25.7. The Morgan fingerprint density at radius 2 is 1.37 bits per heavy atom. The molecule has 11 N–H and O–H groups in total. The predicted octanol–water partition coefficient (Wildman–Crippen LogP) is -2.04. The summed E-state index contributed by atoms with van der Waals surface area (Å²) in [7, 11) is 0. The maximum Gasteiger partial charge on any atom is 0.326 e. The molecule has 4 amide bonds. The van der Waals surface area contributed by atoms with Crippen LogP contribution in [0.3, 0.4) is 0 Å². The highest BCUT2D eigenvalue weighted by molar-refractivity contribution is 5.95. The quantitative estimate of drug-likeness (QED) is 0.0953. The number of amides is 4. The van der Waals surface area contributed by atoms with Gasteiger partial charge in [-0.1, -0.05) is 30.3 Å². The first-order valence-corrected chi connectivity index (χ1v) is 12.1. The zero-order valence-corrected chi connectivity index (χ0v) is 20.9. The second-order valence-electron chi connectivity index (χ2n) is 8.71. The summed E-state index contributed by atoms with van der Waals surface area (Å²) in [6.07, 6.45) is -0.268. The molecule has 1 aromatic rings. The lowest BCUT2D eigenvalue weighted by atomic mass is 10.0. The second-order valence-corrected chi connectivity index (χ2v) is 8.71. The predicted molar refractivity (Wildman–Crippen MR) is 135 cm³/mol. The van der Waals surface area contributed by atoms with E-state index < -0.39 is 72.6 Å². The van der Waals surface area contributed by atoms with Crippen LogP contribution in [0.25, 0.3) is 0 Å². The third-order valence-corrected chi connectivity index (χ3v) is 5.51. The van der Waals surface area contributed by atoms with E-state index in [1.54, 1.807) is 30.3 Å². The zero-order valence-electron chi connectivity index (χ0n) is 20.9. The van der Waals surface area contributed by atoms with Gasteiger partial charge < -0.3 is 43.4 Å². The van der Waals surface area contributed by atoms with Crippen molar-refractivity contribution in [1.82, 2.24) is 16.0 Å². The van der Waals surface area contributed by atoms with E-state index in [2.05, 4.69) is 16.0 Å². The molecule has 0 aliphatic carbocycles. The Bertz CT molecular complexity index is 974. The number of carbonyl (C=O) groups is 6. The van der Waals surface area contributed by atoms with Crippen molar-refractivity contribution in [2.45, 2.75) is 69.1 Å². The van der Waals surface area contributed by atoms with E-state index in [0.717, 1.165) is 0 Å². The van der Waals surface area contributed by atoms with Crippen LogP contribution in [-0.4, -0.2) is 76.5 Å². The van der Waals surface area contributed by atoms with Crippen LogP contribution in [0, 0.1) is 0 Å². The van der Waals surface area contributed by atoms with Crippen LogP contribution in [0.1, 0.15) is 44.1 Å². The lowest BCUT2D eigenvalue weighted by Gasteiger charge is -2.25. The molecule has 14 nitrogen and oxygen atoms in total. The van der Waals surface area contributed by atoms with Crippen molar-refractivity contribution in [3.05, 3.63) is 35.9 Å². The van der Waals surface area contributed by atoms with Crippen molar-refractivity contribution in [2.75, 3.05) is 6.54 Å². The molecule has 0 heterocycles. The Hall–Kier alpha value is -4.04. The number of benzene rings is 1. The highest BCUT2D eigenvalue weighted by Crippen LogP contribution is 2.08. The van der Waals surface area contributed by atoms with E-state index >= 15 is 0 Å². The number of primary amides is 1. The van der Waals surface area contributed by atoms with E-state index in [1.807, 2.05) is 0 Å². The van der Waals surface area contributed by atoms with Crippen molar-refractivity contribution in [2.24, 2.45) is 17.2 Å². The van der Waals surface area contributed by atoms with Crippen molar-refractivity contribution < 1.29 is 39.0 Å². The number of carbonyl (C=O) groups excluding carboxylic acids is 4. The highest BCUT2D eigenvalue weighted by atomic mass is 16.4. The summed E-state index contributed by atoms with van der Waals surface area (Å²) >= 11 is 0. The molecular formula is C24H36N6O8. The maximum absolute atomic E-state index is 13.2. The van der Waals surface area contributed by atoms with Crippen LogP contribution in [0.15, 0.2) is 30.3 Å². The zero-order chi connectivity index (χ0) is 28.7. The van der Waals surface area contributed by atoms with Crippen LogP contribution in [-0.2, 0) is 35.2 Å². The molecule has 0 aliphatic rings. The van der Waals surface area contributed by atoms with Gasteiger partial charge in [0.15, 0.2) is 0 Å². The van der Waals surface area contributed by atoms with Gasteiger partial charge in [0.2, 0.25) is 23.6 Å². The summed E-state index contributed by atoms with van der Waals surface area (Å²) in [5.41, 5.74) is 16.8. The van der Waals surface area contributed by atoms with Gasteiger partial charge in [-0.15, -0.1) is 0 Å². The number of hydrogen-bond donors (Lipinski definition) is 8. The van der Waals surface area contributed by atoms with E-state index in [9.17, 15) is 33.9 Å². The summed E-state index contributed by atoms with van der Waals surface area (Å²) in [6, 6.07) is 3.30. The number of unbranched alkanes of at least 4 members (excludes halogenated alkanes) is 1. The number of hydrogen-bond acceptors (Lipinski definition) is 8. The minimum Gasteiger partial charge on any atom is -0.481 e. The standard InChI is InChI=1S/C24H36N6O8/c25-11-5-4-8-17(24(37)38)29-22(35)16(9-10-20(32)33)28-23(36)18(12-14-6-2-1-3-7-14)30-21(34)15(26)13-19(27)31/h1-3,6-7,15-18H,4-5,8-13,25-26H2,(H2,27,31)(H,28,36)(H,29,35)(H,30,34)(H,32,33)(H,37,38). The first-order valence-electron chi connectivity index (χ1n) is 12.1. The molecule has 0 aromatic heterocycles. The fourth-order valence-electron chi connectivity index (χ4n) is 3.48. The molecule has 1 rings (SSSR count). The molecule has 4 unspecified atom stereocenters. The van der Waals surface area contributed by atoms with Gasteiger partial charge in [0, 0.05) is 12.8 Å². The average molecular weight is 537 g/mol. The van der Waals surface area contributed by atoms with Crippen molar-refractivity contribution in [3.8, 4) is 0 Å². The van der Waals surface area contributed by atoms with Crippen LogP contribution in [0.2, 0.25) is 0 Å². The van der Waals surface area contributed by atoms with Gasteiger partial charge >= 0.3 is 11.9 Å². The normalized spacial score (nSPS) is 13.8. The van der Waals surface area contributed by atoms with Crippen LogP contribution in [0.5, 0.6) is 0 Å². The van der Waals surface area contributed by atoms with Gasteiger partial charge in [-0.2, -0.15) is 0 Å². The first kappa shape index (κ1) is 32.0. The molecule has 0 fully saturated rings. The van der Waals surface area contributed by atoms with E-state index in [1.165, 1.54) is 0 Å². The molecule has 38 heavy (non-hydrogen) atoms. The minimum atomic E-state index is -1.41. The molecule has 0 aliphatic heterocycles. The van der Waals surface area contributed by atoms with Crippen molar-refractivity contribution >= 4 is 35.6 Å². The monoisotopic (exact) mass is 536 g/mol. The summed E-state index contributed by atoms with van der Waals surface area (Å²) < 4.78 is 0. The molecule has 0 spiro atoms. The number of carboxylic acid groups (broad SMARTS) is 2. The van der Waals surface area contributed by atoms with E-state index in [-0.39, 0.29) is 19.3 Å². The third kappa shape index (κ3) is 12.3.